The highest BCUT2D eigenvalue weighted by Crippen LogP contribution is 2.29. The van der Waals surface area contributed by atoms with Crippen LogP contribution in [0.2, 0.25) is 10.0 Å². The Labute approximate surface area is 138 Å². The van der Waals surface area contributed by atoms with Crippen LogP contribution in [0, 0.1) is 6.92 Å². The summed E-state index contributed by atoms with van der Waals surface area (Å²) in [6.45, 7) is 1.91. The average molecular weight is 341 g/mol. The molecule has 2 nitrogen and oxygen atoms in total. The van der Waals surface area contributed by atoms with Gasteiger partial charge in [0, 0.05) is 14.9 Å². The van der Waals surface area contributed by atoms with Crippen LogP contribution >= 0.6 is 35.0 Å². The number of thioether (sulfide) groups is 1. The fourth-order valence-corrected chi connectivity index (χ4v) is 3.24. The summed E-state index contributed by atoms with van der Waals surface area (Å²) in [5.74, 6) is -0.839. The van der Waals surface area contributed by atoms with E-state index in [2.05, 4.69) is 0 Å². The number of rotatable bonds is 5. The molecule has 0 saturated heterocycles. The average Bonchev–Trinajstić information content (AvgIpc) is 2.45. The van der Waals surface area contributed by atoms with Crippen molar-refractivity contribution in [1.82, 2.24) is 0 Å². The molecule has 0 aromatic heterocycles. The summed E-state index contributed by atoms with van der Waals surface area (Å²) in [7, 11) is 0. The maximum absolute atomic E-state index is 11.5. The zero-order valence-electron chi connectivity index (χ0n) is 11.3. The van der Waals surface area contributed by atoms with E-state index >= 15 is 0 Å². The number of aliphatic carboxylic acids is 1. The van der Waals surface area contributed by atoms with Crippen LogP contribution in [-0.2, 0) is 11.2 Å². The smallest absolute Gasteiger partial charge is 0.317 e. The van der Waals surface area contributed by atoms with E-state index in [1.807, 2.05) is 37.3 Å². The lowest BCUT2D eigenvalue weighted by molar-refractivity contribution is -0.136. The van der Waals surface area contributed by atoms with Crippen molar-refractivity contribution in [2.75, 3.05) is 0 Å². The molecular weight excluding hydrogens is 327 g/mol. The SMILES string of the molecule is Cc1c(Cl)cccc1C[C@H](Sc1ccc(Cl)cc1)C(=O)O. The summed E-state index contributed by atoms with van der Waals surface area (Å²) in [6.07, 6.45) is 0.426. The number of carboxylic acids is 1. The molecule has 0 spiro atoms. The highest BCUT2D eigenvalue weighted by Gasteiger charge is 2.20. The quantitative estimate of drug-likeness (QED) is 0.770. The van der Waals surface area contributed by atoms with Crippen LogP contribution in [0.4, 0.5) is 0 Å². The summed E-state index contributed by atoms with van der Waals surface area (Å²) in [6, 6.07) is 12.7. The molecule has 0 heterocycles. The second-order valence-corrected chi connectivity index (χ2v) is 6.75. The second kappa shape index (κ2) is 7.21. The zero-order chi connectivity index (χ0) is 15.4. The summed E-state index contributed by atoms with van der Waals surface area (Å²) >= 11 is 13.2. The van der Waals surface area contributed by atoms with E-state index < -0.39 is 11.2 Å². The van der Waals surface area contributed by atoms with Crippen LogP contribution in [0.25, 0.3) is 0 Å². The van der Waals surface area contributed by atoms with Gasteiger partial charge >= 0.3 is 5.97 Å². The van der Waals surface area contributed by atoms with Crippen LogP contribution in [-0.4, -0.2) is 16.3 Å². The van der Waals surface area contributed by atoms with Crippen molar-refractivity contribution < 1.29 is 9.90 Å². The van der Waals surface area contributed by atoms with Crippen LogP contribution in [0.1, 0.15) is 11.1 Å². The molecule has 21 heavy (non-hydrogen) atoms. The Morgan fingerprint density at radius 3 is 2.48 bits per heavy atom. The van der Waals surface area contributed by atoms with Gasteiger partial charge in [0.1, 0.15) is 5.25 Å². The molecule has 5 heteroatoms. The lowest BCUT2D eigenvalue weighted by Gasteiger charge is -2.14. The topological polar surface area (TPSA) is 37.3 Å². The molecule has 0 bridgehead atoms. The van der Waals surface area contributed by atoms with Gasteiger partial charge in [0.2, 0.25) is 0 Å². The third-order valence-electron chi connectivity index (χ3n) is 3.15. The Morgan fingerprint density at radius 1 is 1.19 bits per heavy atom. The Kier molecular flexibility index (Phi) is 5.57. The second-order valence-electron chi connectivity index (χ2n) is 4.63. The summed E-state index contributed by atoms with van der Waals surface area (Å²) in [4.78, 5) is 12.4. The minimum atomic E-state index is -0.839. The van der Waals surface area contributed by atoms with Crippen LogP contribution in [0.15, 0.2) is 47.4 Å². The van der Waals surface area contributed by atoms with Gasteiger partial charge < -0.3 is 5.11 Å². The lowest BCUT2D eigenvalue weighted by Crippen LogP contribution is -2.19. The van der Waals surface area contributed by atoms with E-state index in [1.165, 1.54) is 11.8 Å². The minimum absolute atomic E-state index is 0.426. The Morgan fingerprint density at radius 2 is 1.86 bits per heavy atom. The highest BCUT2D eigenvalue weighted by molar-refractivity contribution is 8.00. The summed E-state index contributed by atoms with van der Waals surface area (Å²) in [5, 5.41) is 10.2. The summed E-state index contributed by atoms with van der Waals surface area (Å²) in [5.41, 5.74) is 1.89. The maximum atomic E-state index is 11.5. The normalized spacial score (nSPS) is 12.1. The van der Waals surface area contributed by atoms with Crippen molar-refractivity contribution in [2.24, 2.45) is 0 Å². The predicted molar refractivity (Wildman–Crippen MR) is 88.6 cm³/mol. The number of carboxylic acid groups (broad SMARTS) is 1. The van der Waals surface area contributed by atoms with Gasteiger partial charge in [-0.2, -0.15) is 0 Å². The van der Waals surface area contributed by atoms with Gasteiger partial charge in [-0.15, -0.1) is 11.8 Å². The van der Waals surface area contributed by atoms with Gasteiger partial charge in [-0.05, 0) is 54.8 Å². The van der Waals surface area contributed by atoms with Crippen LogP contribution in [0.5, 0.6) is 0 Å². The van der Waals surface area contributed by atoms with Crippen molar-refractivity contribution in [3.63, 3.8) is 0 Å². The molecule has 1 N–H and O–H groups in total. The molecule has 110 valence electrons. The van der Waals surface area contributed by atoms with Gasteiger partial charge in [-0.1, -0.05) is 35.3 Å². The molecule has 0 unspecified atom stereocenters. The zero-order valence-corrected chi connectivity index (χ0v) is 13.7. The van der Waals surface area contributed by atoms with Gasteiger partial charge in [0.15, 0.2) is 0 Å². The van der Waals surface area contributed by atoms with E-state index in [-0.39, 0.29) is 0 Å². The van der Waals surface area contributed by atoms with E-state index in [4.69, 9.17) is 23.2 Å². The number of carbonyl (C=O) groups is 1. The Bertz CT molecular complexity index is 641. The molecule has 0 aliphatic carbocycles. The number of halogens is 2. The first kappa shape index (κ1) is 16.2. The fourth-order valence-electron chi connectivity index (χ4n) is 1.93. The van der Waals surface area contributed by atoms with Crippen molar-refractivity contribution in [3.8, 4) is 0 Å². The Balaban J connectivity index is 2.18. The highest BCUT2D eigenvalue weighted by atomic mass is 35.5. The first-order chi connectivity index (χ1) is 9.97. The van der Waals surface area contributed by atoms with Gasteiger partial charge in [-0.25, -0.2) is 0 Å². The largest absolute Gasteiger partial charge is 0.480 e. The monoisotopic (exact) mass is 340 g/mol. The van der Waals surface area contributed by atoms with Crippen LogP contribution in [0.3, 0.4) is 0 Å². The number of hydrogen-bond donors (Lipinski definition) is 1. The van der Waals surface area contributed by atoms with Crippen molar-refractivity contribution >= 4 is 40.9 Å². The minimum Gasteiger partial charge on any atom is -0.480 e. The lowest BCUT2D eigenvalue weighted by atomic mass is 10.0. The molecule has 2 aromatic carbocycles. The van der Waals surface area contributed by atoms with Gasteiger partial charge in [-0.3, -0.25) is 4.79 Å². The van der Waals surface area contributed by atoms with E-state index in [0.717, 1.165) is 16.0 Å². The van der Waals surface area contributed by atoms with E-state index in [9.17, 15) is 9.90 Å². The first-order valence-corrected chi connectivity index (χ1v) is 8.00. The van der Waals surface area contributed by atoms with E-state index in [1.54, 1.807) is 12.1 Å². The predicted octanol–water partition coefficient (Wildman–Crippen LogP) is 5.09. The van der Waals surface area contributed by atoms with Gasteiger partial charge in [0.25, 0.3) is 0 Å². The fraction of sp³-hybridized carbons (Fsp3) is 0.188. The molecule has 0 aliphatic rings. The molecule has 0 aliphatic heterocycles. The van der Waals surface area contributed by atoms with Crippen LogP contribution < -0.4 is 0 Å². The molecule has 2 rings (SSSR count). The number of hydrogen-bond acceptors (Lipinski definition) is 2. The number of benzene rings is 2. The van der Waals surface area contributed by atoms with Crippen molar-refractivity contribution in [1.29, 1.82) is 0 Å². The third kappa shape index (κ3) is 4.40. The van der Waals surface area contributed by atoms with Crippen molar-refractivity contribution in [3.05, 3.63) is 63.6 Å². The third-order valence-corrected chi connectivity index (χ3v) is 5.01. The van der Waals surface area contributed by atoms with Gasteiger partial charge in [0.05, 0.1) is 0 Å². The molecule has 0 fully saturated rings. The molecule has 2 aromatic rings. The molecule has 0 saturated carbocycles. The first-order valence-electron chi connectivity index (χ1n) is 6.36. The summed E-state index contributed by atoms with van der Waals surface area (Å²) < 4.78 is 0. The molecule has 0 amide bonds. The molecule has 0 radical (unpaired) electrons. The van der Waals surface area contributed by atoms with Crippen molar-refractivity contribution in [2.45, 2.75) is 23.5 Å². The van der Waals surface area contributed by atoms with E-state index in [0.29, 0.717) is 16.5 Å². The molecular formula is C16H14Cl2O2S. The molecule has 1 atom stereocenters. The Hall–Kier alpha value is -1.16. The maximum Gasteiger partial charge on any atom is 0.317 e. The standard InChI is InChI=1S/C16H14Cl2O2S/c1-10-11(3-2-4-14(10)18)9-15(16(19)20)21-13-7-5-12(17)6-8-13/h2-8,15H,9H2,1H3,(H,19,20)/t15-/m0/s1.